The van der Waals surface area contributed by atoms with Crippen LogP contribution in [0, 0.1) is 5.82 Å². The molecule has 1 aliphatic carbocycles. The van der Waals surface area contributed by atoms with Crippen LogP contribution in [0.25, 0.3) is 11.0 Å². The van der Waals surface area contributed by atoms with Crippen LogP contribution in [0.4, 0.5) is 10.1 Å². The topological polar surface area (TPSA) is 107 Å². The van der Waals surface area contributed by atoms with Crippen LogP contribution in [0.3, 0.4) is 0 Å². The Balaban J connectivity index is 1.94. The summed E-state index contributed by atoms with van der Waals surface area (Å²) in [5, 5.41) is 1.97. The first-order valence-corrected chi connectivity index (χ1v) is 12.2. The first kappa shape index (κ1) is 22.9. The maximum atomic E-state index is 13.6. The first-order valence-electron chi connectivity index (χ1n) is 10.7. The summed E-state index contributed by atoms with van der Waals surface area (Å²) in [6.45, 7) is 0. The summed E-state index contributed by atoms with van der Waals surface area (Å²) in [5.74, 6) is -1.29. The third-order valence-corrected chi connectivity index (χ3v) is 8.52. The summed E-state index contributed by atoms with van der Waals surface area (Å²) in [6.07, 6.45) is 3.54. The van der Waals surface area contributed by atoms with Crippen molar-refractivity contribution in [2.75, 3.05) is 5.32 Å². The van der Waals surface area contributed by atoms with Crippen LogP contribution in [0.5, 0.6) is 0 Å². The molecule has 1 aliphatic rings. The van der Waals surface area contributed by atoms with Gasteiger partial charge in [-0.2, -0.15) is 0 Å². The zero-order valence-corrected chi connectivity index (χ0v) is 19.1. The van der Waals surface area contributed by atoms with Crippen molar-refractivity contribution in [1.82, 2.24) is 9.13 Å². The molecule has 3 aromatic rings. The number of hydrogen-bond donors (Lipinski definition) is 1. The minimum Gasteiger partial charge on any atom is -0.321 e. The van der Waals surface area contributed by atoms with Crippen molar-refractivity contribution in [2.24, 2.45) is 14.1 Å². The quantitative estimate of drug-likeness (QED) is 0.587. The summed E-state index contributed by atoms with van der Waals surface area (Å²) in [7, 11) is -1.07. The van der Waals surface area contributed by atoms with Gasteiger partial charge in [0.1, 0.15) is 5.82 Å². The number of nitrogens with zero attached hydrogens (tertiary/aromatic N) is 2. The Hall–Kier alpha value is -3.27. The number of fused-ring (bicyclic) bond motifs is 1. The third-order valence-electron chi connectivity index (χ3n) is 6.22. The molecule has 1 N–H and O–H groups in total. The molecule has 1 amide bonds. The maximum Gasteiger partial charge on any atom is 0.316 e. The maximum absolute atomic E-state index is 13.6. The van der Waals surface area contributed by atoms with Gasteiger partial charge in [0.05, 0.1) is 26.9 Å². The molecular formula is C23H24FN3O5S. The highest BCUT2D eigenvalue weighted by atomic mass is 32.2. The van der Waals surface area contributed by atoms with Crippen molar-refractivity contribution in [3.63, 3.8) is 0 Å². The van der Waals surface area contributed by atoms with Gasteiger partial charge in [0, 0.05) is 19.7 Å². The predicted octanol–water partition coefficient (Wildman–Crippen LogP) is 2.73. The zero-order valence-electron chi connectivity index (χ0n) is 18.3. The molecule has 1 aromatic heterocycles. The number of carbonyl (C=O) groups excluding carboxylic acids is 1. The molecule has 1 fully saturated rings. The fraction of sp³-hybridized carbons (Fsp3) is 0.348. The number of sulfone groups is 1. The van der Waals surface area contributed by atoms with Crippen LogP contribution in [0.1, 0.15) is 42.5 Å². The number of benzene rings is 2. The van der Waals surface area contributed by atoms with Crippen LogP contribution in [-0.2, 0) is 23.9 Å². The van der Waals surface area contributed by atoms with Gasteiger partial charge in [-0.1, -0.05) is 25.3 Å². The molecule has 33 heavy (non-hydrogen) atoms. The van der Waals surface area contributed by atoms with Crippen molar-refractivity contribution in [1.29, 1.82) is 0 Å². The third kappa shape index (κ3) is 4.10. The summed E-state index contributed by atoms with van der Waals surface area (Å²) < 4.78 is 43.1. The second kappa shape index (κ2) is 8.58. The van der Waals surface area contributed by atoms with E-state index >= 15 is 0 Å². The Morgan fingerprint density at radius 1 is 0.970 bits per heavy atom. The largest absolute Gasteiger partial charge is 0.321 e. The molecule has 0 radical (unpaired) electrons. The molecule has 10 heteroatoms. The number of hydrogen-bond acceptors (Lipinski definition) is 5. The smallest absolute Gasteiger partial charge is 0.316 e. The molecule has 0 aliphatic heterocycles. The van der Waals surface area contributed by atoms with Gasteiger partial charge >= 0.3 is 11.1 Å². The monoisotopic (exact) mass is 473 g/mol. The molecule has 0 bridgehead atoms. The molecule has 0 saturated heterocycles. The zero-order chi connectivity index (χ0) is 23.9. The number of rotatable bonds is 4. The highest BCUT2D eigenvalue weighted by Gasteiger charge is 2.32. The van der Waals surface area contributed by atoms with Crippen molar-refractivity contribution in [3.05, 3.63) is 68.5 Å². The SMILES string of the molecule is Cn1c(=O)c(=O)n(C)c2cc(S(=O)(=O)C3CCCCC3)c(NC(=O)c3cccc(F)c3)cc21. The Labute approximate surface area is 189 Å². The van der Waals surface area contributed by atoms with E-state index in [9.17, 15) is 27.2 Å². The molecule has 4 rings (SSSR count). The number of nitrogens with one attached hydrogen (secondary N) is 1. The number of anilines is 1. The van der Waals surface area contributed by atoms with E-state index in [2.05, 4.69) is 5.32 Å². The average Bonchev–Trinajstić information content (AvgIpc) is 2.81. The fourth-order valence-corrected chi connectivity index (χ4v) is 6.32. The van der Waals surface area contributed by atoms with Gasteiger partial charge in [0.2, 0.25) is 0 Å². The number of halogens is 1. The van der Waals surface area contributed by atoms with Crippen LogP contribution in [0.15, 0.2) is 50.9 Å². The summed E-state index contributed by atoms with van der Waals surface area (Å²) >= 11 is 0. The van der Waals surface area contributed by atoms with Gasteiger partial charge in [0.15, 0.2) is 9.84 Å². The second-order valence-electron chi connectivity index (χ2n) is 8.33. The van der Waals surface area contributed by atoms with E-state index in [0.717, 1.165) is 34.5 Å². The number of amides is 1. The number of aryl methyl sites for hydroxylation is 2. The van der Waals surface area contributed by atoms with Crippen LogP contribution < -0.4 is 16.4 Å². The summed E-state index contributed by atoms with van der Waals surface area (Å²) in [4.78, 5) is 37.3. The lowest BCUT2D eigenvalue weighted by Crippen LogP contribution is -2.39. The minimum absolute atomic E-state index is 0.0176. The van der Waals surface area contributed by atoms with Gasteiger partial charge < -0.3 is 14.5 Å². The molecule has 1 saturated carbocycles. The highest BCUT2D eigenvalue weighted by molar-refractivity contribution is 7.92. The van der Waals surface area contributed by atoms with Crippen molar-refractivity contribution in [2.45, 2.75) is 42.2 Å². The molecular weight excluding hydrogens is 449 g/mol. The minimum atomic E-state index is -3.86. The van der Waals surface area contributed by atoms with Crippen molar-refractivity contribution < 1.29 is 17.6 Å². The Kier molecular flexibility index (Phi) is 5.96. The average molecular weight is 474 g/mol. The Morgan fingerprint density at radius 3 is 2.18 bits per heavy atom. The normalized spacial score (nSPS) is 15.0. The van der Waals surface area contributed by atoms with Gasteiger partial charge in [-0.3, -0.25) is 14.4 Å². The predicted molar refractivity (Wildman–Crippen MR) is 123 cm³/mol. The number of carbonyl (C=O) groups is 1. The van der Waals surface area contributed by atoms with E-state index in [1.165, 1.54) is 44.4 Å². The lowest BCUT2D eigenvalue weighted by molar-refractivity contribution is 0.102. The van der Waals surface area contributed by atoms with Gasteiger partial charge in [0.25, 0.3) is 5.91 Å². The number of aromatic nitrogens is 2. The highest BCUT2D eigenvalue weighted by Crippen LogP contribution is 2.34. The van der Waals surface area contributed by atoms with Crippen LogP contribution in [-0.4, -0.2) is 28.7 Å². The summed E-state index contributed by atoms with van der Waals surface area (Å²) in [5.41, 5.74) is -1.04. The van der Waals surface area contributed by atoms with E-state index in [1.807, 2.05) is 0 Å². The lowest BCUT2D eigenvalue weighted by atomic mass is 10.0. The standard InChI is InChI=1S/C23H24FN3O5S/c1-26-18-12-17(25-21(28)14-7-6-8-15(24)11-14)20(13-19(18)27(2)23(30)22(26)29)33(31,32)16-9-4-3-5-10-16/h6-8,11-13,16H,3-5,9-10H2,1-2H3,(H,25,28). The van der Waals surface area contributed by atoms with E-state index in [-0.39, 0.29) is 27.2 Å². The second-order valence-corrected chi connectivity index (χ2v) is 10.5. The molecule has 0 atom stereocenters. The van der Waals surface area contributed by atoms with E-state index < -0.39 is 37.9 Å². The van der Waals surface area contributed by atoms with E-state index in [4.69, 9.17) is 0 Å². The molecule has 1 heterocycles. The molecule has 8 nitrogen and oxygen atoms in total. The van der Waals surface area contributed by atoms with Gasteiger partial charge in [-0.05, 0) is 43.2 Å². The Morgan fingerprint density at radius 2 is 1.58 bits per heavy atom. The van der Waals surface area contributed by atoms with Gasteiger partial charge in [-0.15, -0.1) is 0 Å². The molecule has 174 valence electrons. The first-order chi connectivity index (χ1) is 15.6. The molecule has 0 spiro atoms. The molecule has 2 aromatic carbocycles. The van der Waals surface area contributed by atoms with E-state index in [1.54, 1.807) is 0 Å². The summed E-state index contributed by atoms with van der Waals surface area (Å²) in [6, 6.07) is 7.75. The van der Waals surface area contributed by atoms with Crippen molar-refractivity contribution >= 4 is 32.5 Å². The molecule has 0 unspecified atom stereocenters. The van der Waals surface area contributed by atoms with Crippen LogP contribution in [0.2, 0.25) is 0 Å². The van der Waals surface area contributed by atoms with Gasteiger partial charge in [-0.25, -0.2) is 12.8 Å². The Bertz CT molecular complexity index is 1480. The fourth-order valence-electron chi connectivity index (χ4n) is 4.31. The van der Waals surface area contributed by atoms with Crippen LogP contribution >= 0.6 is 0 Å². The lowest BCUT2D eigenvalue weighted by Gasteiger charge is -2.24. The van der Waals surface area contributed by atoms with Crippen molar-refractivity contribution in [3.8, 4) is 0 Å². The van der Waals surface area contributed by atoms with E-state index in [0.29, 0.717) is 12.8 Å².